The van der Waals surface area contributed by atoms with Gasteiger partial charge in [-0.2, -0.15) is 0 Å². The molecule has 0 atom stereocenters. The molecule has 0 unspecified atom stereocenters. The zero-order chi connectivity index (χ0) is 35.6. The van der Waals surface area contributed by atoms with Crippen LogP contribution in [0.3, 0.4) is 0 Å². The first-order chi connectivity index (χ1) is 26.8. The molecular formula is C51H33N3. The van der Waals surface area contributed by atoms with E-state index < -0.39 is 5.41 Å². The van der Waals surface area contributed by atoms with E-state index in [0.717, 1.165) is 39.1 Å². The molecule has 0 aliphatic heterocycles. The van der Waals surface area contributed by atoms with Crippen molar-refractivity contribution < 1.29 is 0 Å². The lowest BCUT2D eigenvalue weighted by atomic mass is 9.70. The fourth-order valence-corrected chi connectivity index (χ4v) is 9.09. The third-order valence-electron chi connectivity index (χ3n) is 11.3. The molecule has 1 aromatic heterocycles. The summed E-state index contributed by atoms with van der Waals surface area (Å²) in [5.41, 5.74) is 17.0. The quantitative estimate of drug-likeness (QED) is 0.180. The lowest BCUT2D eigenvalue weighted by molar-refractivity contribution is 0.793. The van der Waals surface area contributed by atoms with Crippen molar-refractivity contribution in [2.24, 2.45) is 0 Å². The Bertz CT molecular complexity index is 2830. The molecule has 8 aromatic carbocycles. The first-order valence-corrected chi connectivity index (χ1v) is 18.5. The van der Waals surface area contributed by atoms with E-state index in [0.29, 0.717) is 5.95 Å². The average molecular weight is 688 g/mol. The van der Waals surface area contributed by atoms with Crippen LogP contribution in [-0.4, -0.2) is 9.97 Å². The van der Waals surface area contributed by atoms with Crippen LogP contribution < -0.4 is 4.90 Å². The van der Waals surface area contributed by atoms with Gasteiger partial charge in [0.15, 0.2) is 0 Å². The highest BCUT2D eigenvalue weighted by molar-refractivity contribution is 6.01. The van der Waals surface area contributed by atoms with Gasteiger partial charge in [-0.05, 0) is 74.3 Å². The molecule has 252 valence electrons. The summed E-state index contributed by atoms with van der Waals surface area (Å²) < 4.78 is 0. The van der Waals surface area contributed by atoms with Crippen LogP contribution in [0, 0.1) is 0 Å². The van der Waals surface area contributed by atoms with E-state index in [1.165, 1.54) is 50.1 Å². The Labute approximate surface area is 314 Å². The van der Waals surface area contributed by atoms with E-state index in [1.54, 1.807) is 0 Å². The number of benzene rings is 8. The van der Waals surface area contributed by atoms with Crippen molar-refractivity contribution in [2.45, 2.75) is 5.41 Å². The molecule has 9 aromatic rings. The van der Waals surface area contributed by atoms with Crippen LogP contribution >= 0.6 is 0 Å². The van der Waals surface area contributed by atoms with Gasteiger partial charge in [0.2, 0.25) is 5.95 Å². The molecule has 54 heavy (non-hydrogen) atoms. The monoisotopic (exact) mass is 687 g/mol. The van der Waals surface area contributed by atoms with Crippen LogP contribution in [0.2, 0.25) is 0 Å². The highest BCUT2D eigenvalue weighted by Gasteiger charge is 2.52. The maximum atomic E-state index is 5.46. The Morgan fingerprint density at radius 3 is 1.57 bits per heavy atom. The van der Waals surface area contributed by atoms with Gasteiger partial charge in [0.1, 0.15) is 0 Å². The molecule has 1 spiro atoms. The van der Waals surface area contributed by atoms with E-state index in [-0.39, 0.29) is 0 Å². The second-order valence-corrected chi connectivity index (χ2v) is 14.1. The van der Waals surface area contributed by atoms with Gasteiger partial charge >= 0.3 is 0 Å². The first-order valence-electron chi connectivity index (χ1n) is 18.5. The average Bonchev–Trinajstić information content (AvgIpc) is 3.72. The van der Waals surface area contributed by atoms with Crippen LogP contribution in [0.25, 0.3) is 55.5 Å². The number of nitrogens with zero attached hydrogens (tertiary/aromatic N) is 3. The topological polar surface area (TPSA) is 29.0 Å². The second kappa shape index (κ2) is 12.0. The Morgan fingerprint density at radius 2 is 0.889 bits per heavy atom. The lowest BCUT2D eigenvalue weighted by Crippen LogP contribution is -2.26. The third-order valence-corrected chi connectivity index (χ3v) is 11.3. The first kappa shape index (κ1) is 30.5. The van der Waals surface area contributed by atoms with E-state index >= 15 is 0 Å². The smallest absolute Gasteiger partial charge is 0.235 e. The van der Waals surface area contributed by atoms with Gasteiger partial charge in [-0.3, -0.25) is 4.90 Å². The molecule has 0 saturated carbocycles. The summed E-state index contributed by atoms with van der Waals surface area (Å²) >= 11 is 0. The lowest BCUT2D eigenvalue weighted by Gasteiger charge is -2.31. The van der Waals surface area contributed by atoms with Crippen molar-refractivity contribution in [3.05, 3.63) is 222 Å². The maximum absolute atomic E-state index is 5.46. The minimum Gasteiger partial charge on any atom is -0.279 e. The van der Waals surface area contributed by atoms with Crippen molar-refractivity contribution >= 4 is 28.2 Å². The van der Waals surface area contributed by atoms with E-state index in [9.17, 15) is 0 Å². The van der Waals surface area contributed by atoms with E-state index in [2.05, 4.69) is 199 Å². The van der Waals surface area contributed by atoms with Crippen LogP contribution in [0.5, 0.6) is 0 Å². The maximum Gasteiger partial charge on any atom is 0.235 e. The standard InChI is InChI=1S/C51H33N3/c1-3-16-34(17-4-1)35-30-32-37(33-31-35)54(50-52-46-28-14-10-23-41(46)49(53-50)36-18-5-2-6-19-36)47-29-15-27-45-48(47)40-22-9-13-26-44(40)51(45)42-24-11-7-20-38(42)39-21-8-12-25-43(39)51/h1-33H. The van der Waals surface area contributed by atoms with Crippen LogP contribution in [0.1, 0.15) is 22.3 Å². The predicted octanol–water partition coefficient (Wildman–Crippen LogP) is 12.8. The molecule has 2 aliphatic rings. The highest BCUT2D eigenvalue weighted by Crippen LogP contribution is 2.64. The number of para-hydroxylation sites is 1. The summed E-state index contributed by atoms with van der Waals surface area (Å²) in [7, 11) is 0. The molecular weight excluding hydrogens is 655 g/mol. The van der Waals surface area contributed by atoms with Gasteiger partial charge in [0, 0.05) is 22.2 Å². The van der Waals surface area contributed by atoms with E-state index in [1.807, 2.05) is 6.07 Å². The predicted molar refractivity (Wildman–Crippen MR) is 221 cm³/mol. The molecule has 2 aliphatic carbocycles. The molecule has 0 saturated heterocycles. The van der Waals surface area contributed by atoms with E-state index in [4.69, 9.17) is 9.97 Å². The number of rotatable bonds is 5. The second-order valence-electron chi connectivity index (χ2n) is 14.1. The van der Waals surface area contributed by atoms with Crippen LogP contribution in [0.15, 0.2) is 200 Å². The Balaban J connectivity index is 1.21. The van der Waals surface area contributed by atoms with Gasteiger partial charge in [-0.1, -0.05) is 176 Å². The van der Waals surface area contributed by atoms with Gasteiger partial charge in [0.25, 0.3) is 0 Å². The minimum atomic E-state index is -0.461. The number of aromatic nitrogens is 2. The molecule has 1 heterocycles. The van der Waals surface area contributed by atoms with Crippen molar-refractivity contribution in [3.8, 4) is 44.6 Å². The summed E-state index contributed by atoms with van der Waals surface area (Å²) in [4.78, 5) is 13.1. The number of anilines is 3. The molecule has 3 heteroatoms. The third kappa shape index (κ3) is 4.36. The van der Waals surface area contributed by atoms with Crippen molar-refractivity contribution in [2.75, 3.05) is 4.90 Å². The summed E-state index contributed by atoms with van der Waals surface area (Å²) in [6.07, 6.45) is 0. The van der Waals surface area contributed by atoms with Gasteiger partial charge < -0.3 is 0 Å². The Hall–Kier alpha value is -7.10. The molecule has 0 N–H and O–H groups in total. The molecule has 0 bridgehead atoms. The number of hydrogen-bond donors (Lipinski definition) is 0. The molecule has 0 fully saturated rings. The number of hydrogen-bond acceptors (Lipinski definition) is 3. The van der Waals surface area contributed by atoms with Gasteiger partial charge in [0.05, 0.1) is 22.3 Å². The summed E-state index contributed by atoms with van der Waals surface area (Å²) in [6, 6.07) is 71.9. The molecule has 3 nitrogen and oxygen atoms in total. The summed E-state index contributed by atoms with van der Waals surface area (Å²) in [6.45, 7) is 0. The largest absolute Gasteiger partial charge is 0.279 e. The van der Waals surface area contributed by atoms with Gasteiger partial charge in [-0.25, -0.2) is 9.97 Å². The summed E-state index contributed by atoms with van der Waals surface area (Å²) in [5.74, 6) is 0.624. The van der Waals surface area contributed by atoms with Crippen molar-refractivity contribution in [1.29, 1.82) is 0 Å². The Morgan fingerprint density at radius 1 is 0.370 bits per heavy atom. The zero-order valence-corrected chi connectivity index (χ0v) is 29.4. The SMILES string of the molecule is c1ccc(-c2ccc(N(c3nc(-c4ccccc4)c4ccccc4n3)c3cccc4c3-c3ccccc3C43c4ccccc4-c4ccccc43)cc2)cc1. The fraction of sp³-hybridized carbons (Fsp3) is 0.0196. The van der Waals surface area contributed by atoms with Crippen molar-refractivity contribution in [3.63, 3.8) is 0 Å². The van der Waals surface area contributed by atoms with Crippen LogP contribution in [0.4, 0.5) is 17.3 Å². The zero-order valence-electron chi connectivity index (χ0n) is 29.4. The fourth-order valence-electron chi connectivity index (χ4n) is 9.09. The number of fused-ring (bicyclic) bond motifs is 11. The summed E-state index contributed by atoms with van der Waals surface area (Å²) in [5, 5.41) is 1.02. The molecule has 0 radical (unpaired) electrons. The molecule has 11 rings (SSSR count). The van der Waals surface area contributed by atoms with Crippen LogP contribution in [-0.2, 0) is 5.41 Å². The van der Waals surface area contributed by atoms with Gasteiger partial charge in [-0.15, -0.1) is 0 Å². The normalized spacial score (nSPS) is 13.0. The van der Waals surface area contributed by atoms with Crippen molar-refractivity contribution in [1.82, 2.24) is 9.97 Å². The minimum absolute atomic E-state index is 0.461. The molecule has 0 amide bonds. The highest BCUT2D eigenvalue weighted by atomic mass is 15.3. The Kier molecular flexibility index (Phi) is 6.77.